The second kappa shape index (κ2) is 22.7. The zero-order valence-electron chi connectivity index (χ0n) is 33.1. The van der Waals surface area contributed by atoms with Crippen molar-refractivity contribution in [2.45, 2.75) is 70.7 Å². The Labute approximate surface area is 337 Å². The minimum Gasteiger partial charge on any atom is -0.444 e. The molecule has 0 saturated carbocycles. The number of aromatic nitrogens is 1. The predicted octanol–water partition coefficient (Wildman–Crippen LogP) is 2.59. The summed E-state index contributed by atoms with van der Waals surface area (Å²) in [6, 6.07) is 25.3. The molecule has 4 aromatic rings. The topological polar surface area (TPSA) is 224 Å². The number of nitrogens with two attached hydrogens (primary N) is 1. The number of primary amides is 1. The first-order valence-corrected chi connectivity index (χ1v) is 19.0. The first kappa shape index (κ1) is 44.8. The Kier molecular flexibility index (Phi) is 17.5. The highest BCUT2D eigenvalue weighted by atomic mass is 16.7. The van der Waals surface area contributed by atoms with Crippen molar-refractivity contribution in [3.05, 3.63) is 114 Å². The number of methoxy groups -OCH3 is 1. The van der Waals surface area contributed by atoms with Crippen LogP contribution in [0.3, 0.4) is 0 Å². The van der Waals surface area contributed by atoms with Crippen LogP contribution >= 0.6 is 0 Å². The molecule has 16 heteroatoms. The van der Waals surface area contributed by atoms with Crippen molar-refractivity contribution in [1.82, 2.24) is 31.4 Å². The summed E-state index contributed by atoms with van der Waals surface area (Å²) in [6.07, 6.45) is -3.36. The Bertz CT molecular complexity index is 1950. The van der Waals surface area contributed by atoms with Gasteiger partial charge in [0, 0.05) is 32.2 Å². The van der Waals surface area contributed by atoms with Gasteiger partial charge in [0.25, 0.3) is 11.8 Å². The van der Waals surface area contributed by atoms with E-state index in [0.717, 1.165) is 16.5 Å². The summed E-state index contributed by atoms with van der Waals surface area (Å²) in [7, 11) is 1.42. The summed E-state index contributed by atoms with van der Waals surface area (Å²) in [5.74, 6) is -3.27. The maximum atomic E-state index is 13.9. The molecule has 5 atom stereocenters. The Hall–Kier alpha value is -5.94. The van der Waals surface area contributed by atoms with E-state index in [1.807, 2.05) is 72.8 Å². The molecule has 0 aliphatic rings. The minimum absolute atomic E-state index is 0.0290. The number of hydrogen-bond donors (Lipinski definition) is 6. The van der Waals surface area contributed by atoms with Gasteiger partial charge in [-0.2, -0.15) is 0 Å². The van der Waals surface area contributed by atoms with Crippen LogP contribution < -0.4 is 27.1 Å². The van der Waals surface area contributed by atoms with Gasteiger partial charge < -0.3 is 41.0 Å². The van der Waals surface area contributed by atoms with Gasteiger partial charge in [-0.3, -0.25) is 24.6 Å². The first-order valence-electron chi connectivity index (χ1n) is 19.0. The molecule has 5 amide bonds. The maximum Gasteiger partial charge on any atom is 0.407 e. The third-order valence-electron chi connectivity index (χ3n) is 9.03. The highest BCUT2D eigenvalue weighted by Crippen LogP contribution is 2.14. The number of rotatable bonds is 22. The number of fused-ring (bicyclic) bond motifs is 1. The van der Waals surface area contributed by atoms with Gasteiger partial charge in [-0.15, -0.1) is 0 Å². The summed E-state index contributed by atoms with van der Waals surface area (Å²) in [5, 5.41) is 22.2. The molecule has 0 aliphatic heterocycles. The van der Waals surface area contributed by atoms with Crippen molar-refractivity contribution < 1.29 is 43.3 Å². The predicted molar refractivity (Wildman–Crippen MR) is 215 cm³/mol. The number of carbonyl (C=O) groups excluding carboxylic acids is 5. The Morgan fingerprint density at radius 1 is 0.828 bits per heavy atom. The van der Waals surface area contributed by atoms with Crippen LogP contribution in [0.15, 0.2) is 97.1 Å². The molecule has 1 unspecified atom stereocenters. The van der Waals surface area contributed by atoms with Gasteiger partial charge in [-0.25, -0.2) is 14.8 Å². The fourth-order valence-electron chi connectivity index (χ4n) is 6.02. The molecular formula is C42H53N7O9. The van der Waals surface area contributed by atoms with Crippen LogP contribution in [0.2, 0.25) is 0 Å². The van der Waals surface area contributed by atoms with E-state index in [1.165, 1.54) is 18.2 Å². The standard InChI is InChI=1S/C42H53N7O9/c1-5-57-37(56-4)26-58-42(55)47-38(27(2)3)41(54)48-49(24-29-16-10-7-11-17-29)25-35(50)33(22-28-14-8-6-9-15-28)45-40(53)34(23-36(43)51)46-39(52)32-21-20-30-18-12-13-19-31(30)44-32/h6-21,27,33-35,37-38,50H,5,22-26H2,1-4H3,(H2,43,51)(H,45,53)(H,46,52)(H,47,55)(H,48,54)/t33-,34-,35-,37?,38-/m0/s1. The van der Waals surface area contributed by atoms with Gasteiger partial charge in [0.05, 0.1) is 24.1 Å². The van der Waals surface area contributed by atoms with E-state index in [-0.39, 0.29) is 37.7 Å². The number of amides is 5. The fourth-order valence-corrected chi connectivity index (χ4v) is 6.02. The molecule has 0 radical (unpaired) electrons. The second-order valence-electron chi connectivity index (χ2n) is 13.9. The number of aliphatic hydroxyl groups excluding tert-OH is 1. The van der Waals surface area contributed by atoms with Crippen LogP contribution in [0.4, 0.5) is 4.79 Å². The molecule has 1 heterocycles. The number of aliphatic hydroxyl groups is 1. The second-order valence-corrected chi connectivity index (χ2v) is 13.9. The number of nitrogens with zero attached hydrogens (tertiary/aromatic N) is 2. The zero-order valence-corrected chi connectivity index (χ0v) is 33.1. The van der Waals surface area contributed by atoms with E-state index >= 15 is 0 Å². The monoisotopic (exact) mass is 799 g/mol. The molecule has 0 aliphatic carbocycles. The van der Waals surface area contributed by atoms with Gasteiger partial charge >= 0.3 is 6.09 Å². The minimum atomic E-state index is -1.41. The van der Waals surface area contributed by atoms with Gasteiger partial charge in [0.2, 0.25) is 11.8 Å². The van der Waals surface area contributed by atoms with Gasteiger partial charge in [0.1, 0.15) is 24.4 Å². The number of pyridine rings is 1. The lowest BCUT2D eigenvalue weighted by Gasteiger charge is -2.32. The molecule has 310 valence electrons. The molecule has 0 spiro atoms. The molecule has 16 nitrogen and oxygen atoms in total. The van der Waals surface area contributed by atoms with Gasteiger partial charge in [0.15, 0.2) is 6.29 Å². The Morgan fingerprint density at radius 3 is 2.12 bits per heavy atom. The molecule has 7 N–H and O–H groups in total. The molecule has 58 heavy (non-hydrogen) atoms. The summed E-state index contributed by atoms with van der Waals surface area (Å²) < 4.78 is 15.7. The highest BCUT2D eigenvalue weighted by Gasteiger charge is 2.32. The van der Waals surface area contributed by atoms with Crippen molar-refractivity contribution in [3.8, 4) is 0 Å². The largest absolute Gasteiger partial charge is 0.444 e. The Balaban J connectivity index is 1.55. The third-order valence-corrected chi connectivity index (χ3v) is 9.03. The molecule has 1 aromatic heterocycles. The SMILES string of the molecule is CCOC(COC(=O)N[C@H](C(=O)NN(Cc1ccccc1)C[C@H](O)[C@H](Cc1ccccc1)NC(=O)[C@H](CC(N)=O)NC(=O)c1ccc2ccccc2n1)C(C)C)OC. The van der Waals surface area contributed by atoms with Crippen LogP contribution in [-0.2, 0) is 41.6 Å². The molecule has 4 rings (SSSR count). The molecule has 0 saturated heterocycles. The maximum absolute atomic E-state index is 13.9. The van der Waals surface area contributed by atoms with E-state index in [1.54, 1.807) is 39.0 Å². The van der Waals surface area contributed by atoms with Crippen LogP contribution in [-0.4, -0.2) is 102 Å². The quantitative estimate of drug-likeness (QED) is 0.0501. The number of benzene rings is 3. The normalized spacial score (nSPS) is 13.8. The van der Waals surface area contributed by atoms with Crippen molar-refractivity contribution in [3.63, 3.8) is 0 Å². The summed E-state index contributed by atoms with van der Waals surface area (Å²) in [4.78, 5) is 70.4. The summed E-state index contributed by atoms with van der Waals surface area (Å²) in [5.41, 5.74) is 10.5. The van der Waals surface area contributed by atoms with Crippen LogP contribution in [0, 0.1) is 5.92 Å². The number of nitrogens with one attached hydrogen (secondary N) is 4. The lowest BCUT2D eigenvalue weighted by Crippen LogP contribution is -2.59. The number of ether oxygens (including phenoxy) is 3. The highest BCUT2D eigenvalue weighted by molar-refractivity contribution is 5.99. The summed E-state index contributed by atoms with van der Waals surface area (Å²) in [6.45, 7) is 5.35. The molecule has 3 aromatic carbocycles. The average Bonchev–Trinajstić information content (AvgIpc) is 3.21. The molecule has 0 fully saturated rings. The first-order chi connectivity index (χ1) is 27.9. The van der Waals surface area contributed by atoms with E-state index < -0.39 is 66.7 Å². The van der Waals surface area contributed by atoms with Gasteiger partial charge in [-0.05, 0) is 42.5 Å². The van der Waals surface area contributed by atoms with E-state index in [9.17, 15) is 29.1 Å². The fraction of sp³-hybridized carbons (Fsp3) is 0.381. The molecule has 0 bridgehead atoms. The van der Waals surface area contributed by atoms with Crippen LogP contribution in [0.1, 0.15) is 48.8 Å². The van der Waals surface area contributed by atoms with Crippen molar-refractivity contribution >= 4 is 40.6 Å². The number of para-hydroxylation sites is 1. The van der Waals surface area contributed by atoms with Crippen molar-refractivity contribution in [2.24, 2.45) is 11.7 Å². The van der Waals surface area contributed by atoms with Crippen molar-refractivity contribution in [1.29, 1.82) is 0 Å². The van der Waals surface area contributed by atoms with Crippen molar-refractivity contribution in [2.75, 3.05) is 26.9 Å². The number of hydrogen-bond acceptors (Lipinski definition) is 11. The van der Waals surface area contributed by atoms with Crippen LogP contribution in [0.5, 0.6) is 0 Å². The molecular weight excluding hydrogens is 747 g/mol. The number of carbonyl (C=O) groups is 5. The van der Waals surface area contributed by atoms with E-state index in [2.05, 4.69) is 26.4 Å². The average molecular weight is 800 g/mol. The van der Waals surface area contributed by atoms with E-state index in [0.29, 0.717) is 12.1 Å². The van der Waals surface area contributed by atoms with Crippen LogP contribution in [0.25, 0.3) is 10.9 Å². The summed E-state index contributed by atoms with van der Waals surface area (Å²) >= 11 is 0. The lowest BCUT2D eigenvalue weighted by molar-refractivity contribution is -0.143. The smallest absolute Gasteiger partial charge is 0.407 e. The van der Waals surface area contributed by atoms with E-state index in [4.69, 9.17) is 19.9 Å². The zero-order chi connectivity index (χ0) is 42.0. The number of alkyl carbamates (subject to hydrolysis) is 1. The third kappa shape index (κ3) is 14.2. The number of hydrazine groups is 1. The Morgan fingerprint density at radius 2 is 1.48 bits per heavy atom. The van der Waals surface area contributed by atoms with Gasteiger partial charge in [-0.1, -0.05) is 98.8 Å². The lowest BCUT2D eigenvalue weighted by atomic mass is 9.99.